The van der Waals surface area contributed by atoms with Crippen LogP contribution in [0, 0.1) is 0 Å². The molecular formula is C46H30N2Se. The predicted molar refractivity (Wildman–Crippen MR) is 210 cm³/mol. The molecule has 0 spiro atoms. The predicted octanol–water partition coefficient (Wildman–Crippen LogP) is 12.4. The van der Waals surface area contributed by atoms with Gasteiger partial charge in [0.15, 0.2) is 0 Å². The third-order valence-electron chi connectivity index (χ3n) is 9.76. The van der Waals surface area contributed by atoms with Crippen molar-refractivity contribution in [2.45, 2.75) is 0 Å². The second-order valence-electron chi connectivity index (χ2n) is 12.6. The average molecular weight is 690 g/mol. The number of hydrogen-bond acceptors (Lipinski definition) is 1. The summed E-state index contributed by atoms with van der Waals surface area (Å²) in [4.78, 5) is 2.43. The van der Waals surface area contributed by atoms with Crippen molar-refractivity contribution in [2.75, 3.05) is 4.90 Å². The first kappa shape index (κ1) is 28.2. The molecule has 0 radical (unpaired) electrons. The Balaban J connectivity index is 1.16. The molecule has 0 saturated heterocycles. The molecule has 2 nitrogen and oxygen atoms in total. The normalized spacial score (nSPS) is 11.7. The summed E-state index contributed by atoms with van der Waals surface area (Å²) in [6.07, 6.45) is 0. The maximum absolute atomic E-state index is 2.43. The van der Waals surface area contributed by atoms with Crippen molar-refractivity contribution in [3.8, 4) is 16.8 Å². The van der Waals surface area contributed by atoms with Crippen LogP contribution in [0.4, 0.5) is 17.1 Å². The van der Waals surface area contributed by atoms with Gasteiger partial charge < -0.3 is 0 Å². The second kappa shape index (κ2) is 11.4. The van der Waals surface area contributed by atoms with E-state index >= 15 is 0 Å². The number of aromatic nitrogens is 1. The van der Waals surface area contributed by atoms with Crippen molar-refractivity contribution < 1.29 is 0 Å². The number of para-hydroxylation sites is 2. The van der Waals surface area contributed by atoms with Crippen LogP contribution in [0.5, 0.6) is 0 Å². The molecule has 10 aromatic rings. The Morgan fingerprint density at radius 3 is 1.88 bits per heavy atom. The number of nitrogens with zero attached hydrogens (tertiary/aromatic N) is 2. The van der Waals surface area contributed by atoms with E-state index in [4.69, 9.17) is 0 Å². The van der Waals surface area contributed by atoms with Crippen molar-refractivity contribution in [2.24, 2.45) is 0 Å². The van der Waals surface area contributed by atoms with Crippen LogP contribution in [0.15, 0.2) is 182 Å². The molecule has 0 bridgehead atoms. The van der Waals surface area contributed by atoms with E-state index in [1.807, 2.05) is 0 Å². The molecular weight excluding hydrogens is 659 g/mol. The van der Waals surface area contributed by atoms with Crippen molar-refractivity contribution in [1.82, 2.24) is 4.57 Å². The van der Waals surface area contributed by atoms with Gasteiger partial charge >= 0.3 is 267 Å². The van der Waals surface area contributed by atoms with Gasteiger partial charge in [-0.15, -0.1) is 0 Å². The SMILES string of the molecule is c1ccc(-n2c3ccccc3c3cc(N(c4ccc(-c5ccc6ccccc6c5)cc4)c4ccc5c(c4)[se]c4ccccc45)ccc32)cc1. The Morgan fingerprint density at radius 2 is 1.00 bits per heavy atom. The molecule has 230 valence electrons. The van der Waals surface area contributed by atoms with Gasteiger partial charge in [-0.2, -0.15) is 0 Å². The van der Waals surface area contributed by atoms with Crippen molar-refractivity contribution in [3.63, 3.8) is 0 Å². The third kappa shape index (κ3) is 4.70. The third-order valence-corrected chi connectivity index (χ3v) is 12.1. The molecule has 3 heteroatoms. The van der Waals surface area contributed by atoms with Gasteiger partial charge in [0.2, 0.25) is 0 Å². The van der Waals surface area contributed by atoms with Gasteiger partial charge in [0.25, 0.3) is 0 Å². The minimum atomic E-state index is 0.278. The molecule has 0 saturated carbocycles. The summed E-state index contributed by atoms with van der Waals surface area (Å²) >= 11 is 0.278. The fraction of sp³-hybridized carbons (Fsp3) is 0. The fourth-order valence-electron chi connectivity index (χ4n) is 7.43. The quantitative estimate of drug-likeness (QED) is 0.163. The summed E-state index contributed by atoms with van der Waals surface area (Å²) in [6.45, 7) is 0. The standard InChI is InChI=1S/C46H30N2Se/c1-2-12-35(13-3-1)48-43-16-8-6-14-39(43)42-29-37(25-27-44(42)48)47(38-24-26-41-40-15-7-9-17-45(40)49-46(41)30-38)36-22-20-32(21-23-36)34-19-18-31-10-4-5-11-33(31)28-34/h1-30H. The number of rotatable bonds is 5. The summed E-state index contributed by atoms with van der Waals surface area (Å²) in [5.41, 5.74) is 9.48. The monoisotopic (exact) mass is 690 g/mol. The van der Waals surface area contributed by atoms with Crippen LogP contribution in [0.25, 0.3) is 68.7 Å². The Morgan fingerprint density at radius 1 is 0.367 bits per heavy atom. The van der Waals surface area contributed by atoms with Crippen LogP contribution in [0.2, 0.25) is 0 Å². The van der Waals surface area contributed by atoms with Gasteiger partial charge in [0.1, 0.15) is 0 Å². The zero-order chi connectivity index (χ0) is 32.3. The molecule has 0 aliphatic rings. The van der Waals surface area contributed by atoms with E-state index in [0.29, 0.717) is 0 Å². The Kier molecular flexibility index (Phi) is 6.55. The summed E-state index contributed by atoms with van der Waals surface area (Å²) < 4.78 is 5.28. The van der Waals surface area contributed by atoms with Crippen molar-refractivity contribution in [3.05, 3.63) is 182 Å². The van der Waals surface area contributed by atoms with Crippen LogP contribution < -0.4 is 4.90 Å². The topological polar surface area (TPSA) is 8.17 Å². The molecule has 49 heavy (non-hydrogen) atoms. The number of hydrogen-bond donors (Lipinski definition) is 0. The fourth-order valence-corrected chi connectivity index (χ4v) is 9.82. The van der Waals surface area contributed by atoms with E-state index in [1.165, 1.54) is 74.4 Å². The van der Waals surface area contributed by atoms with E-state index in [2.05, 4.69) is 191 Å². The van der Waals surface area contributed by atoms with Gasteiger partial charge in [-0.3, -0.25) is 0 Å². The van der Waals surface area contributed by atoms with Crippen molar-refractivity contribution >= 4 is 83.4 Å². The first-order valence-electron chi connectivity index (χ1n) is 16.7. The summed E-state index contributed by atoms with van der Waals surface area (Å²) in [5.74, 6) is 0. The first-order valence-corrected chi connectivity index (χ1v) is 18.4. The van der Waals surface area contributed by atoms with Gasteiger partial charge in [-0.1, -0.05) is 24.3 Å². The summed E-state index contributed by atoms with van der Waals surface area (Å²) in [6, 6.07) is 66.7. The molecule has 0 unspecified atom stereocenters. The molecule has 2 aromatic heterocycles. The van der Waals surface area contributed by atoms with E-state index in [0.717, 1.165) is 11.4 Å². The Bertz CT molecular complexity index is 2830. The van der Waals surface area contributed by atoms with E-state index in [9.17, 15) is 0 Å². The van der Waals surface area contributed by atoms with Gasteiger partial charge in [-0.25, -0.2) is 0 Å². The van der Waals surface area contributed by atoms with E-state index in [-0.39, 0.29) is 14.5 Å². The van der Waals surface area contributed by atoms with Crippen LogP contribution >= 0.6 is 0 Å². The zero-order valence-electron chi connectivity index (χ0n) is 26.6. The molecule has 0 aliphatic heterocycles. The second-order valence-corrected chi connectivity index (χ2v) is 14.9. The van der Waals surface area contributed by atoms with E-state index < -0.39 is 0 Å². The molecule has 0 aliphatic carbocycles. The number of anilines is 3. The average Bonchev–Trinajstić information content (AvgIpc) is 3.70. The maximum atomic E-state index is 2.43. The molecule has 0 N–H and O–H groups in total. The molecule has 0 fully saturated rings. The molecule has 8 aromatic carbocycles. The number of fused-ring (bicyclic) bond motifs is 7. The minimum absolute atomic E-state index is 0.278. The summed E-state index contributed by atoms with van der Waals surface area (Å²) in [7, 11) is 0. The van der Waals surface area contributed by atoms with Gasteiger partial charge in [0.05, 0.1) is 0 Å². The number of benzene rings is 8. The van der Waals surface area contributed by atoms with Gasteiger partial charge in [0, 0.05) is 0 Å². The van der Waals surface area contributed by atoms with Crippen LogP contribution in [-0.4, -0.2) is 19.1 Å². The molecule has 0 amide bonds. The zero-order valence-corrected chi connectivity index (χ0v) is 28.3. The summed E-state index contributed by atoms with van der Waals surface area (Å²) in [5, 5.41) is 7.76. The molecule has 10 rings (SSSR count). The first-order chi connectivity index (χ1) is 24.3. The van der Waals surface area contributed by atoms with Crippen LogP contribution in [0.1, 0.15) is 0 Å². The van der Waals surface area contributed by atoms with Crippen molar-refractivity contribution in [1.29, 1.82) is 0 Å². The van der Waals surface area contributed by atoms with Crippen LogP contribution in [-0.2, 0) is 0 Å². The Labute approximate surface area is 290 Å². The Hall–Kier alpha value is -5.86. The molecule has 2 heterocycles. The molecule has 0 atom stereocenters. The van der Waals surface area contributed by atoms with Crippen LogP contribution in [0.3, 0.4) is 0 Å². The van der Waals surface area contributed by atoms with Gasteiger partial charge in [-0.05, 0) is 0 Å². The van der Waals surface area contributed by atoms with E-state index in [1.54, 1.807) is 0 Å².